The molecule has 108 valence electrons. The molecule has 2 saturated carbocycles. The summed E-state index contributed by atoms with van der Waals surface area (Å²) in [7, 11) is 0. The lowest BCUT2D eigenvalue weighted by Gasteiger charge is -2.12. The van der Waals surface area contributed by atoms with E-state index in [1.165, 1.54) is 44.1 Å². The molecule has 1 aromatic heterocycles. The third-order valence-electron chi connectivity index (χ3n) is 4.77. The van der Waals surface area contributed by atoms with Crippen molar-refractivity contribution in [1.82, 2.24) is 9.97 Å². The predicted molar refractivity (Wildman–Crippen MR) is 83.5 cm³/mol. The highest BCUT2D eigenvalue weighted by Gasteiger charge is 2.27. The quantitative estimate of drug-likeness (QED) is 0.924. The molecule has 0 atom stereocenters. The highest BCUT2D eigenvalue weighted by molar-refractivity contribution is 5.62. The van der Waals surface area contributed by atoms with Gasteiger partial charge in [-0.1, -0.05) is 37.1 Å². The molecule has 0 amide bonds. The van der Waals surface area contributed by atoms with Gasteiger partial charge in [0.1, 0.15) is 5.82 Å². The molecule has 1 heterocycles. The largest absolute Gasteiger partial charge is 0.307 e. The molecule has 2 aliphatic carbocycles. The lowest BCUT2D eigenvalue weighted by molar-refractivity contribution is 0.693. The Labute approximate surface area is 124 Å². The molecule has 2 aliphatic rings. The number of nitrogens with zero attached hydrogens (tertiary/aromatic N) is 1. The van der Waals surface area contributed by atoms with Crippen LogP contribution < -0.4 is 5.56 Å². The average molecular weight is 280 g/mol. The van der Waals surface area contributed by atoms with E-state index < -0.39 is 0 Å². The molecule has 21 heavy (non-hydrogen) atoms. The molecule has 0 saturated heterocycles. The van der Waals surface area contributed by atoms with Crippen molar-refractivity contribution in [2.45, 2.75) is 50.4 Å². The topological polar surface area (TPSA) is 45.8 Å². The van der Waals surface area contributed by atoms with Gasteiger partial charge in [-0.3, -0.25) is 4.79 Å². The molecule has 0 bridgehead atoms. The van der Waals surface area contributed by atoms with Gasteiger partial charge >= 0.3 is 0 Å². The first kappa shape index (κ1) is 12.8. The summed E-state index contributed by atoms with van der Waals surface area (Å²) >= 11 is 0. The molecule has 0 aliphatic heterocycles. The second-order valence-electron chi connectivity index (χ2n) is 6.36. The first-order chi connectivity index (χ1) is 10.3. The second kappa shape index (κ2) is 5.14. The van der Waals surface area contributed by atoms with Crippen molar-refractivity contribution in [1.29, 1.82) is 0 Å². The van der Waals surface area contributed by atoms with Gasteiger partial charge in [0.05, 0.1) is 5.69 Å². The van der Waals surface area contributed by atoms with Gasteiger partial charge in [0.2, 0.25) is 0 Å². The first-order valence-electron chi connectivity index (χ1n) is 8.02. The molecule has 0 spiro atoms. The number of nitrogens with one attached hydrogen (secondary N) is 1. The zero-order valence-corrected chi connectivity index (χ0v) is 12.1. The molecule has 1 aromatic carbocycles. The van der Waals surface area contributed by atoms with Crippen molar-refractivity contribution in [2.75, 3.05) is 0 Å². The molecule has 0 radical (unpaired) electrons. The van der Waals surface area contributed by atoms with Crippen molar-refractivity contribution in [3.05, 3.63) is 51.9 Å². The molecule has 2 fully saturated rings. The molecule has 3 nitrogen and oxygen atoms in total. The van der Waals surface area contributed by atoms with E-state index in [4.69, 9.17) is 4.98 Å². The minimum atomic E-state index is -0.0208. The van der Waals surface area contributed by atoms with Crippen molar-refractivity contribution >= 4 is 0 Å². The van der Waals surface area contributed by atoms with Gasteiger partial charge in [0, 0.05) is 17.5 Å². The van der Waals surface area contributed by atoms with Crippen LogP contribution in [0.1, 0.15) is 61.6 Å². The standard InChI is InChI=1S/C18H20N2O/c21-17-11-16(13-5-1-2-6-13)19-18(20-17)15-8-4-3-7-14(15)12-9-10-12/h3-4,7-8,11-13H,1-2,5-6,9-10H2,(H,19,20,21). The zero-order chi connectivity index (χ0) is 14.2. The van der Waals surface area contributed by atoms with E-state index in [0.29, 0.717) is 11.8 Å². The Balaban J connectivity index is 1.79. The van der Waals surface area contributed by atoms with E-state index >= 15 is 0 Å². The van der Waals surface area contributed by atoms with Crippen LogP contribution in [0.5, 0.6) is 0 Å². The van der Waals surface area contributed by atoms with Gasteiger partial charge in [0.15, 0.2) is 0 Å². The second-order valence-corrected chi connectivity index (χ2v) is 6.36. The fraction of sp³-hybridized carbons (Fsp3) is 0.444. The Morgan fingerprint density at radius 3 is 2.52 bits per heavy atom. The van der Waals surface area contributed by atoms with Crippen LogP contribution in [0.4, 0.5) is 0 Å². The van der Waals surface area contributed by atoms with Crippen LogP contribution in [-0.2, 0) is 0 Å². The monoisotopic (exact) mass is 280 g/mol. The summed E-state index contributed by atoms with van der Waals surface area (Å²) in [6.07, 6.45) is 7.35. The van der Waals surface area contributed by atoms with Crippen molar-refractivity contribution in [3.8, 4) is 11.4 Å². The maximum atomic E-state index is 12.0. The number of rotatable bonds is 3. The third-order valence-corrected chi connectivity index (χ3v) is 4.77. The van der Waals surface area contributed by atoms with E-state index in [0.717, 1.165) is 17.1 Å². The molecule has 0 unspecified atom stereocenters. The summed E-state index contributed by atoms with van der Waals surface area (Å²) < 4.78 is 0. The number of aromatic nitrogens is 2. The fourth-order valence-corrected chi connectivity index (χ4v) is 3.50. The average Bonchev–Trinajstić information content (AvgIpc) is 3.21. The first-order valence-corrected chi connectivity index (χ1v) is 8.02. The number of H-pyrrole nitrogens is 1. The van der Waals surface area contributed by atoms with E-state index in [1.54, 1.807) is 6.07 Å². The lowest BCUT2D eigenvalue weighted by Crippen LogP contribution is -2.12. The van der Waals surface area contributed by atoms with Gasteiger partial charge in [0.25, 0.3) is 5.56 Å². The third kappa shape index (κ3) is 2.53. The van der Waals surface area contributed by atoms with Crippen LogP contribution >= 0.6 is 0 Å². The molecule has 1 N–H and O–H groups in total. The van der Waals surface area contributed by atoms with Gasteiger partial charge in [-0.15, -0.1) is 0 Å². The van der Waals surface area contributed by atoms with Crippen LogP contribution in [-0.4, -0.2) is 9.97 Å². The van der Waals surface area contributed by atoms with E-state index in [-0.39, 0.29) is 5.56 Å². The zero-order valence-electron chi connectivity index (χ0n) is 12.1. The van der Waals surface area contributed by atoms with Crippen LogP contribution in [0.3, 0.4) is 0 Å². The van der Waals surface area contributed by atoms with Crippen molar-refractivity contribution in [3.63, 3.8) is 0 Å². The van der Waals surface area contributed by atoms with Gasteiger partial charge in [-0.25, -0.2) is 4.98 Å². The van der Waals surface area contributed by atoms with E-state index in [1.807, 2.05) is 6.07 Å². The number of aromatic amines is 1. The summed E-state index contributed by atoms with van der Waals surface area (Å²) in [5.41, 5.74) is 3.41. The van der Waals surface area contributed by atoms with Gasteiger partial charge in [-0.05, 0) is 37.2 Å². The Morgan fingerprint density at radius 2 is 1.76 bits per heavy atom. The SMILES string of the molecule is O=c1cc(C2CCCC2)nc(-c2ccccc2C2CC2)[nH]1. The smallest absolute Gasteiger partial charge is 0.251 e. The highest BCUT2D eigenvalue weighted by Crippen LogP contribution is 2.43. The highest BCUT2D eigenvalue weighted by atomic mass is 16.1. The number of hydrogen-bond donors (Lipinski definition) is 1. The van der Waals surface area contributed by atoms with Gasteiger partial charge < -0.3 is 4.98 Å². The minimum absolute atomic E-state index is 0.0208. The van der Waals surface area contributed by atoms with E-state index in [9.17, 15) is 4.79 Å². The number of hydrogen-bond acceptors (Lipinski definition) is 2. The summed E-state index contributed by atoms with van der Waals surface area (Å²) in [5, 5.41) is 0. The molecular formula is C18H20N2O. The van der Waals surface area contributed by atoms with Crippen LogP contribution in [0.15, 0.2) is 35.1 Å². The van der Waals surface area contributed by atoms with Crippen LogP contribution in [0, 0.1) is 0 Å². The molecule has 3 heteroatoms. The predicted octanol–water partition coefficient (Wildman–Crippen LogP) is 3.97. The van der Waals surface area contributed by atoms with Crippen molar-refractivity contribution < 1.29 is 0 Å². The summed E-state index contributed by atoms with van der Waals surface area (Å²) in [4.78, 5) is 19.8. The van der Waals surface area contributed by atoms with Crippen LogP contribution in [0.2, 0.25) is 0 Å². The Kier molecular flexibility index (Phi) is 3.13. The Morgan fingerprint density at radius 1 is 1.00 bits per heavy atom. The maximum absolute atomic E-state index is 12.0. The molecule has 2 aromatic rings. The van der Waals surface area contributed by atoms with Crippen LogP contribution in [0.25, 0.3) is 11.4 Å². The van der Waals surface area contributed by atoms with Crippen molar-refractivity contribution in [2.24, 2.45) is 0 Å². The molecule has 4 rings (SSSR count). The lowest BCUT2D eigenvalue weighted by atomic mass is 10.0. The normalized spacial score (nSPS) is 19.0. The summed E-state index contributed by atoms with van der Waals surface area (Å²) in [6.45, 7) is 0. The summed E-state index contributed by atoms with van der Waals surface area (Å²) in [5.74, 6) is 1.88. The summed E-state index contributed by atoms with van der Waals surface area (Å²) in [6, 6.07) is 10.1. The Bertz CT molecular complexity index is 709. The Hall–Kier alpha value is -1.90. The number of benzene rings is 1. The minimum Gasteiger partial charge on any atom is -0.307 e. The van der Waals surface area contributed by atoms with Gasteiger partial charge in [-0.2, -0.15) is 0 Å². The maximum Gasteiger partial charge on any atom is 0.251 e. The fourth-order valence-electron chi connectivity index (χ4n) is 3.50. The van der Waals surface area contributed by atoms with E-state index in [2.05, 4.69) is 23.2 Å². The molecular weight excluding hydrogens is 260 g/mol.